The molecule has 4 nitrogen and oxygen atoms in total. The summed E-state index contributed by atoms with van der Waals surface area (Å²) < 4.78 is 0. The van der Waals surface area contributed by atoms with E-state index >= 15 is 0 Å². The minimum absolute atomic E-state index is 0.807. The maximum atomic E-state index is 5.42. The SMILES string of the molecule is c1ccc(-c2ccc(-c3nc4cc(-c5ccc(-c6cc(-c7ccccn7)nc(-c7ccccn7)c6)cc5)ccc4c4c(-c5ccccc5)cccc34)cc2)cc1. The van der Waals surface area contributed by atoms with Crippen LogP contribution in [0.2, 0.25) is 0 Å². The molecule has 0 fully saturated rings. The number of hydrogen-bond donors (Lipinski definition) is 0. The van der Waals surface area contributed by atoms with Crippen molar-refractivity contribution in [2.45, 2.75) is 0 Å². The maximum Gasteiger partial charge on any atom is 0.0900 e. The standard InChI is InChI=1S/C52H34N4/c1-3-12-35(13-4-1)36-24-26-40(27-25-36)52-45-17-11-16-43(39-14-5-2-6-15-39)51(45)44-29-28-41(32-48(44)56-52)37-20-22-38(23-21-37)42-33-49(46-18-7-9-30-53-46)55-50(34-42)47-19-8-10-31-54-47/h1-34H. The lowest BCUT2D eigenvalue weighted by atomic mass is 9.91. The molecule has 0 aliphatic carbocycles. The summed E-state index contributed by atoms with van der Waals surface area (Å²) in [6, 6.07) is 68.0. The molecule has 262 valence electrons. The van der Waals surface area contributed by atoms with Gasteiger partial charge in [0.2, 0.25) is 0 Å². The second-order valence-electron chi connectivity index (χ2n) is 13.9. The molecule has 0 amide bonds. The fourth-order valence-electron chi connectivity index (χ4n) is 7.61. The smallest absolute Gasteiger partial charge is 0.0900 e. The Morgan fingerprint density at radius 2 is 0.804 bits per heavy atom. The first-order valence-corrected chi connectivity index (χ1v) is 18.8. The Morgan fingerprint density at radius 1 is 0.286 bits per heavy atom. The summed E-state index contributed by atoms with van der Waals surface area (Å²) in [5.74, 6) is 0. The van der Waals surface area contributed by atoms with Gasteiger partial charge in [-0.05, 0) is 87.0 Å². The Labute approximate surface area is 325 Å². The number of fused-ring (bicyclic) bond motifs is 3. The van der Waals surface area contributed by atoms with Crippen LogP contribution in [0.3, 0.4) is 0 Å². The molecular formula is C52H34N4. The third-order valence-electron chi connectivity index (χ3n) is 10.4. The average molecular weight is 715 g/mol. The second-order valence-corrected chi connectivity index (χ2v) is 13.9. The van der Waals surface area contributed by atoms with E-state index in [0.29, 0.717) is 0 Å². The first kappa shape index (κ1) is 33.0. The van der Waals surface area contributed by atoms with Crippen LogP contribution in [0.1, 0.15) is 0 Å². The van der Waals surface area contributed by atoms with Crippen LogP contribution in [0, 0.1) is 0 Å². The average Bonchev–Trinajstić information content (AvgIpc) is 3.29. The summed E-state index contributed by atoms with van der Waals surface area (Å²) in [6.45, 7) is 0. The van der Waals surface area contributed by atoms with Crippen LogP contribution in [-0.4, -0.2) is 19.9 Å². The van der Waals surface area contributed by atoms with Crippen LogP contribution in [0.4, 0.5) is 0 Å². The molecule has 0 N–H and O–H groups in total. The van der Waals surface area contributed by atoms with Crippen molar-refractivity contribution in [3.05, 3.63) is 207 Å². The van der Waals surface area contributed by atoms with Crippen molar-refractivity contribution in [3.8, 4) is 78.5 Å². The van der Waals surface area contributed by atoms with Gasteiger partial charge in [-0.3, -0.25) is 9.97 Å². The summed E-state index contributed by atoms with van der Waals surface area (Å²) in [6.07, 6.45) is 3.60. The highest BCUT2D eigenvalue weighted by Crippen LogP contribution is 2.40. The van der Waals surface area contributed by atoms with Gasteiger partial charge >= 0.3 is 0 Å². The highest BCUT2D eigenvalue weighted by atomic mass is 14.8. The van der Waals surface area contributed by atoms with Crippen LogP contribution in [0.5, 0.6) is 0 Å². The summed E-state index contributed by atoms with van der Waals surface area (Å²) in [4.78, 5) is 19.6. The van der Waals surface area contributed by atoms with Crippen molar-refractivity contribution in [1.29, 1.82) is 0 Å². The minimum Gasteiger partial charge on any atom is -0.255 e. The Morgan fingerprint density at radius 3 is 1.41 bits per heavy atom. The van der Waals surface area contributed by atoms with Gasteiger partial charge in [-0.2, -0.15) is 0 Å². The second kappa shape index (κ2) is 14.3. The van der Waals surface area contributed by atoms with E-state index < -0.39 is 0 Å². The zero-order valence-electron chi connectivity index (χ0n) is 30.4. The summed E-state index contributed by atoms with van der Waals surface area (Å²) in [5, 5.41) is 3.47. The van der Waals surface area contributed by atoms with Gasteiger partial charge in [0.05, 0.1) is 34.0 Å². The molecular weight excluding hydrogens is 681 g/mol. The molecule has 4 aromatic heterocycles. The molecule has 0 unspecified atom stereocenters. The van der Waals surface area contributed by atoms with Gasteiger partial charge in [-0.25, -0.2) is 9.97 Å². The van der Waals surface area contributed by atoms with Crippen LogP contribution >= 0.6 is 0 Å². The van der Waals surface area contributed by atoms with Gasteiger partial charge in [-0.1, -0.05) is 152 Å². The molecule has 0 radical (unpaired) electrons. The van der Waals surface area contributed by atoms with Crippen LogP contribution in [0.15, 0.2) is 207 Å². The number of pyridine rings is 4. The molecule has 6 aromatic carbocycles. The molecule has 0 aliphatic heterocycles. The van der Waals surface area contributed by atoms with Gasteiger partial charge in [0.15, 0.2) is 0 Å². The topological polar surface area (TPSA) is 51.6 Å². The third kappa shape index (κ3) is 6.29. The van der Waals surface area contributed by atoms with Crippen molar-refractivity contribution in [2.75, 3.05) is 0 Å². The van der Waals surface area contributed by atoms with Gasteiger partial charge in [-0.15, -0.1) is 0 Å². The predicted octanol–water partition coefficient (Wildman–Crippen LogP) is 13.2. The van der Waals surface area contributed by atoms with E-state index in [9.17, 15) is 0 Å². The van der Waals surface area contributed by atoms with E-state index in [1.54, 1.807) is 12.4 Å². The minimum atomic E-state index is 0.807. The first-order chi connectivity index (χ1) is 27.7. The zero-order chi connectivity index (χ0) is 37.3. The molecule has 0 saturated heterocycles. The number of nitrogens with zero attached hydrogens (tertiary/aromatic N) is 4. The molecule has 0 bridgehead atoms. The van der Waals surface area contributed by atoms with Crippen molar-refractivity contribution in [3.63, 3.8) is 0 Å². The van der Waals surface area contributed by atoms with E-state index in [1.165, 1.54) is 27.6 Å². The predicted molar refractivity (Wildman–Crippen MR) is 231 cm³/mol. The number of benzene rings is 6. The van der Waals surface area contributed by atoms with E-state index in [4.69, 9.17) is 9.97 Å². The lowest BCUT2D eigenvalue weighted by molar-refractivity contribution is 1.22. The number of hydrogen-bond acceptors (Lipinski definition) is 4. The van der Waals surface area contributed by atoms with Gasteiger partial charge in [0, 0.05) is 34.1 Å². The molecule has 4 heteroatoms. The van der Waals surface area contributed by atoms with Crippen LogP contribution in [0.25, 0.3) is 100 Å². The maximum absolute atomic E-state index is 5.42. The Hall–Kier alpha value is -7.56. The molecule has 0 atom stereocenters. The molecule has 0 saturated carbocycles. The highest BCUT2D eigenvalue weighted by molar-refractivity contribution is 6.17. The summed E-state index contributed by atoms with van der Waals surface area (Å²) in [7, 11) is 0. The van der Waals surface area contributed by atoms with Crippen LogP contribution < -0.4 is 0 Å². The summed E-state index contributed by atoms with van der Waals surface area (Å²) in [5.41, 5.74) is 15.4. The van der Waals surface area contributed by atoms with Crippen molar-refractivity contribution in [2.24, 2.45) is 0 Å². The van der Waals surface area contributed by atoms with E-state index in [2.05, 4.69) is 168 Å². The Bertz CT molecular complexity index is 2910. The van der Waals surface area contributed by atoms with Crippen molar-refractivity contribution in [1.82, 2.24) is 19.9 Å². The monoisotopic (exact) mass is 714 g/mol. The number of rotatable bonds is 7. The Balaban J connectivity index is 1.08. The van der Waals surface area contributed by atoms with Gasteiger partial charge in [0.1, 0.15) is 0 Å². The third-order valence-corrected chi connectivity index (χ3v) is 10.4. The molecule has 0 spiro atoms. The van der Waals surface area contributed by atoms with Crippen LogP contribution in [-0.2, 0) is 0 Å². The van der Waals surface area contributed by atoms with E-state index in [1.807, 2.05) is 36.4 Å². The molecule has 10 rings (SSSR count). The normalized spacial score (nSPS) is 11.2. The molecule has 10 aromatic rings. The lowest BCUT2D eigenvalue weighted by Crippen LogP contribution is -1.94. The highest BCUT2D eigenvalue weighted by Gasteiger charge is 2.16. The van der Waals surface area contributed by atoms with Gasteiger partial charge in [0.25, 0.3) is 0 Å². The Kier molecular flexibility index (Phi) is 8.47. The van der Waals surface area contributed by atoms with Crippen molar-refractivity contribution >= 4 is 21.7 Å². The fourth-order valence-corrected chi connectivity index (χ4v) is 7.61. The zero-order valence-corrected chi connectivity index (χ0v) is 30.4. The molecule has 0 aliphatic rings. The largest absolute Gasteiger partial charge is 0.255 e. The quantitative estimate of drug-likeness (QED) is 0.154. The first-order valence-electron chi connectivity index (χ1n) is 18.8. The lowest BCUT2D eigenvalue weighted by Gasteiger charge is -2.15. The molecule has 56 heavy (non-hydrogen) atoms. The molecule has 4 heterocycles. The summed E-state index contributed by atoms with van der Waals surface area (Å²) >= 11 is 0. The fraction of sp³-hybridized carbons (Fsp3) is 0. The van der Waals surface area contributed by atoms with Crippen molar-refractivity contribution < 1.29 is 0 Å². The van der Waals surface area contributed by atoms with Gasteiger partial charge < -0.3 is 0 Å². The number of aromatic nitrogens is 4. The van der Waals surface area contributed by atoms with E-state index in [0.717, 1.165) is 72.6 Å². The van der Waals surface area contributed by atoms with E-state index in [-0.39, 0.29) is 0 Å².